The van der Waals surface area contributed by atoms with Crippen molar-refractivity contribution < 1.29 is 18.4 Å². The largest absolute Gasteiger partial charge is 0.353 e. The highest BCUT2D eigenvalue weighted by Crippen LogP contribution is 2.60. The lowest BCUT2D eigenvalue weighted by Crippen LogP contribution is -2.51. The summed E-state index contributed by atoms with van der Waals surface area (Å²) in [6.07, 6.45) is 8.71. The van der Waals surface area contributed by atoms with Crippen molar-refractivity contribution in [3.8, 4) is 0 Å². The van der Waals surface area contributed by atoms with Gasteiger partial charge in [0.1, 0.15) is 17.5 Å². The molecule has 35 heavy (non-hydrogen) atoms. The minimum atomic E-state index is -0.842. The second-order valence-electron chi connectivity index (χ2n) is 11.0. The molecule has 0 spiro atoms. The van der Waals surface area contributed by atoms with Crippen molar-refractivity contribution in [1.82, 2.24) is 9.88 Å². The van der Waals surface area contributed by atoms with Gasteiger partial charge in [0.05, 0.1) is 22.9 Å². The van der Waals surface area contributed by atoms with E-state index in [1.807, 2.05) is 12.1 Å². The van der Waals surface area contributed by atoms with Crippen LogP contribution in [0.25, 0.3) is 0 Å². The molecule has 2 amide bonds. The summed E-state index contributed by atoms with van der Waals surface area (Å²) in [7, 11) is 0. The predicted molar refractivity (Wildman–Crippen MR) is 128 cm³/mol. The van der Waals surface area contributed by atoms with Crippen LogP contribution in [0.3, 0.4) is 0 Å². The number of aromatic nitrogens is 1. The molecule has 6 nitrogen and oxygen atoms in total. The molecule has 0 atom stereocenters. The second kappa shape index (κ2) is 8.57. The van der Waals surface area contributed by atoms with E-state index in [-0.39, 0.29) is 16.9 Å². The van der Waals surface area contributed by atoms with Gasteiger partial charge in [0.15, 0.2) is 0 Å². The number of carbonyl (C=O) groups is 2. The normalized spacial score (nSPS) is 29.4. The van der Waals surface area contributed by atoms with Crippen LogP contribution in [0.5, 0.6) is 0 Å². The van der Waals surface area contributed by atoms with Crippen molar-refractivity contribution in [3.05, 3.63) is 53.7 Å². The molecule has 1 aromatic heterocycles. The Labute approximate surface area is 203 Å². The summed E-state index contributed by atoms with van der Waals surface area (Å²) in [6.45, 7) is 1.95. The Kier molecular flexibility index (Phi) is 5.49. The number of nitrogens with one attached hydrogen (secondary N) is 1. The first-order valence-corrected chi connectivity index (χ1v) is 12.7. The van der Waals surface area contributed by atoms with Gasteiger partial charge in [-0.2, -0.15) is 0 Å². The van der Waals surface area contributed by atoms with Crippen molar-refractivity contribution >= 4 is 23.3 Å². The summed E-state index contributed by atoms with van der Waals surface area (Å²) in [5.74, 6) is 1.12. The molecule has 1 aromatic carbocycles. The van der Waals surface area contributed by atoms with Crippen LogP contribution >= 0.6 is 0 Å². The van der Waals surface area contributed by atoms with Crippen molar-refractivity contribution in [1.29, 1.82) is 0 Å². The summed E-state index contributed by atoms with van der Waals surface area (Å²) in [6, 6.07) is 6.81. The maximum Gasteiger partial charge on any atom is 0.256 e. The van der Waals surface area contributed by atoms with Crippen LogP contribution in [0.4, 0.5) is 20.3 Å². The Morgan fingerprint density at radius 3 is 2.14 bits per heavy atom. The molecule has 5 fully saturated rings. The van der Waals surface area contributed by atoms with Gasteiger partial charge in [-0.3, -0.25) is 9.59 Å². The van der Waals surface area contributed by atoms with Gasteiger partial charge in [0.2, 0.25) is 5.91 Å². The maximum atomic E-state index is 14.0. The molecule has 2 heterocycles. The Bertz CT molecular complexity index is 1110. The third kappa shape index (κ3) is 4.17. The number of hydrogen-bond donors (Lipinski definition) is 1. The zero-order valence-corrected chi connectivity index (χ0v) is 19.7. The Hall–Kier alpha value is -3.03. The SMILES string of the molecule is O=C(c1ccc(F)cc1F)N1CCN(c2ccc(NC(=O)C34CC5CC(CC(C5)C3)C4)cn2)CC1. The van der Waals surface area contributed by atoms with Crippen LogP contribution in [0.1, 0.15) is 48.9 Å². The molecule has 4 saturated carbocycles. The molecule has 4 bridgehead atoms. The van der Waals surface area contributed by atoms with E-state index >= 15 is 0 Å². The minimum Gasteiger partial charge on any atom is -0.353 e. The lowest BCUT2D eigenvalue weighted by atomic mass is 9.49. The van der Waals surface area contributed by atoms with E-state index in [9.17, 15) is 18.4 Å². The highest BCUT2D eigenvalue weighted by Gasteiger charge is 2.54. The summed E-state index contributed by atoms with van der Waals surface area (Å²) in [5.41, 5.74) is 0.410. The molecule has 1 saturated heterocycles. The first-order chi connectivity index (χ1) is 16.9. The van der Waals surface area contributed by atoms with Gasteiger partial charge in [-0.15, -0.1) is 0 Å². The Balaban J connectivity index is 1.06. The third-order valence-corrected chi connectivity index (χ3v) is 8.58. The topological polar surface area (TPSA) is 65.5 Å². The van der Waals surface area contributed by atoms with Gasteiger partial charge < -0.3 is 15.1 Å². The molecular weight excluding hydrogens is 450 g/mol. The zero-order valence-electron chi connectivity index (χ0n) is 19.7. The van der Waals surface area contributed by atoms with Crippen LogP contribution in [0.2, 0.25) is 0 Å². The standard InChI is InChI=1S/C27H30F2N4O2/c28-20-1-3-22(23(29)12-20)25(34)33-7-5-32(6-8-33)24-4-2-21(16-30-24)31-26(35)27-13-17-9-18(14-27)11-19(10-17)15-27/h1-4,12,16-19H,5-11,13-15H2,(H,31,35). The maximum absolute atomic E-state index is 14.0. The number of piperazine rings is 1. The fraction of sp³-hybridized carbons (Fsp3) is 0.519. The molecular formula is C27H30F2N4O2. The Morgan fingerprint density at radius 2 is 1.57 bits per heavy atom. The number of nitrogens with zero attached hydrogens (tertiary/aromatic N) is 3. The lowest BCUT2D eigenvalue weighted by molar-refractivity contribution is -0.140. The zero-order chi connectivity index (χ0) is 24.2. The fourth-order valence-corrected chi connectivity index (χ4v) is 7.27. The molecule has 7 rings (SSSR count). The van der Waals surface area contributed by atoms with E-state index in [2.05, 4.69) is 15.2 Å². The molecule has 1 N–H and O–H groups in total. The molecule has 8 heteroatoms. The van der Waals surface area contributed by atoms with E-state index in [1.54, 1.807) is 11.1 Å². The van der Waals surface area contributed by atoms with E-state index in [0.717, 1.165) is 60.7 Å². The summed E-state index contributed by atoms with van der Waals surface area (Å²) >= 11 is 0. The monoisotopic (exact) mass is 480 g/mol. The van der Waals surface area contributed by atoms with Gasteiger partial charge in [-0.25, -0.2) is 13.8 Å². The van der Waals surface area contributed by atoms with Crippen molar-refractivity contribution in [2.24, 2.45) is 23.2 Å². The number of anilines is 2. The van der Waals surface area contributed by atoms with E-state index < -0.39 is 17.5 Å². The number of hydrogen-bond acceptors (Lipinski definition) is 4. The van der Waals surface area contributed by atoms with Gasteiger partial charge >= 0.3 is 0 Å². The average molecular weight is 481 g/mol. The molecule has 0 radical (unpaired) electrons. The van der Waals surface area contributed by atoms with Gasteiger partial charge in [-0.05, 0) is 80.5 Å². The molecule has 5 aliphatic rings. The lowest BCUT2D eigenvalue weighted by Gasteiger charge is -2.55. The van der Waals surface area contributed by atoms with Crippen LogP contribution in [0, 0.1) is 34.8 Å². The number of amides is 2. The van der Waals surface area contributed by atoms with E-state index in [1.165, 1.54) is 25.3 Å². The minimum absolute atomic E-state index is 0.114. The number of benzene rings is 1. The first-order valence-electron chi connectivity index (χ1n) is 12.7. The van der Waals surface area contributed by atoms with Crippen LogP contribution in [-0.4, -0.2) is 47.9 Å². The van der Waals surface area contributed by atoms with Crippen molar-refractivity contribution in [3.63, 3.8) is 0 Å². The summed E-state index contributed by atoms with van der Waals surface area (Å²) in [5, 5.41) is 3.14. The van der Waals surface area contributed by atoms with E-state index in [4.69, 9.17) is 0 Å². The van der Waals surface area contributed by atoms with Crippen molar-refractivity contribution in [2.75, 3.05) is 36.4 Å². The van der Waals surface area contributed by atoms with Crippen LogP contribution < -0.4 is 10.2 Å². The number of halogens is 2. The predicted octanol–water partition coefficient (Wildman–Crippen LogP) is 4.48. The fourth-order valence-electron chi connectivity index (χ4n) is 7.27. The number of pyridine rings is 1. The first kappa shape index (κ1) is 22.4. The molecule has 1 aliphatic heterocycles. The summed E-state index contributed by atoms with van der Waals surface area (Å²) < 4.78 is 27.2. The molecule has 4 aliphatic carbocycles. The highest BCUT2D eigenvalue weighted by atomic mass is 19.1. The smallest absolute Gasteiger partial charge is 0.256 e. The Morgan fingerprint density at radius 1 is 0.914 bits per heavy atom. The third-order valence-electron chi connectivity index (χ3n) is 8.58. The molecule has 2 aromatic rings. The number of carbonyl (C=O) groups excluding carboxylic acids is 2. The van der Waals surface area contributed by atoms with E-state index in [0.29, 0.717) is 26.2 Å². The van der Waals surface area contributed by atoms with Crippen LogP contribution in [0.15, 0.2) is 36.5 Å². The van der Waals surface area contributed by atoms with Gasteiger partial charge in [0, 0.05) is 32.2 Å². The van der Waals surface area contributed by atoms with Gasteiger partial charge in [-0.1, -0.05) is 0 Å². The van der Waals surface area contributed by atoms with Crippen LogP contribution in [-0.2, 0) is 4.79 Å². The molecule has 0 unspecified atom stereocenters. The summed E-state index contributed by atoms with van der Waals surface area (Å²) in [4.78, 5) is 34.1. The second-order valence-corrected chi connectivity index (χ2v) is 11.0. The number of rotatable bonds is 4. The van der Waals surface area contributed by atoms with Crippen molar-refractivity contribution in [2.45, 2.75) is 38.5 Å². The highest BCUT2D eigenvalue weighted by molar-refractivity contribution is 5.96. The molecule has 184 valence electrons. The quantitative estimate of drug-likeness (QED) is 0.701. The van der Waals surface area contributed by atoms with Gasteiger partial charge in [0.25, 0.3) is 5.91 Å². The average Bonchev–Trinajstić information content (AvgIpc) is 2.83.